The van der Waals surface area contributed by atoms with Gasteiger partial charge in [-0.1, -0.05) is 15.9 Å². The molecule has 0 unspecified atom stereocenters. The molecule has 1 aliphatic heterocycles. The predicted octanol–water partition coefficient (Wildman–Crippen LogP) is 5.77. The molecular weight excluding hydrogens is 421 g/mol. The number of aryl methyl sites for hydroxylation is 1. The van der Waals surface area contributed by atoms with E-state index in [1.807, 2.05) is 30.3 Å². The van der Waals surface area contributed by atoms with Crippen LogP contribution in [0.2, 0.25) is 0 Å². The van der Waals surface area contributed by atoms with Crippen LogP contribution in [0.4, 0.5) is 10.1 Å². The Labute approximate surface area is 169 Å². The zero-order valence-electron chi connectivity index (χ0n) is 15.0. The molecule has 0 saturated carbocycles. The van der Waals surface area contributed by atoms with Gasteiger partial charge in [-0.05, 0) is 67.4 Å². The van der Waals surface area contributed by atoms with Crippen LogP contribution in [0, 0.1) is 5.82 Å². The highest BCUT2D eigenvalue weighted by Crippen LogP contribution is 2.27. The second kappa shape index (κ2) is 7.02. The summed E-state index contributed by atoms with van der Waals surface area (Å²) in [5.74, 6) is 1.39. The van der Waals surface area contributed by atoms with Crippen molar-refractivity contribution in [3.05, 3.63) is 76.2 Å². The van der Waals surface area contributed by atoms with Gasteiger partial charge in [0.1, 0.15) is 22.9 Å². The minimum Gasteiger partial charge on any atom is -0.438 e. The smallest absolute Gasteiger partial charge is 0.232 e. The molecule has 0 amide bonds. The second-order valence-corrected chi connectivity index (χ2v) is 7.80. The van der Waals surface area contributed by atoms with Crippen molar-refractivity contribution in [3.8, 4) is 11.3 Å². The summed E-state index contributed by atoms with van der Waals surface area (Å²) in [5, 5.41) is 0.868. The lowest BCUT2D eigenvalue weighted by atomic mass is 10.1. The number of nitrogens with zero attached hydrogens (tertiary/aromatic N) is 3. The van der Waals surface area contributed by atoms with Crippen LogP contribution in [-0.4, -0.2) is 9.55 Å². The Bertz CT molecular complexity index is 1220. The summed E-state index contributed by atoms with van der Waals surface area (Å²) in [4.78, 5) is 9.68. The summed E-state index contributed by atoms with van der Waals surface area (Å²) < 4.78 is 22.5. The highest BCUT2D eigenvalue weighted by Gasteiger charge is 2.17. The SMILES string of the molecule is Fc1ccc(-c2cc3/c(=N\c4ccc(Br)cc4)n4c(nc3o2)CCCC4)cc1. The van der Waals surface area contributed by atoms with E-state index in [2.05, 4.69) is 20.5 Å². The first-order chi connectivity index (χ1) is 13.7. The molecule has 2 aromatic heterocycles. The molecule has 28 heavy (non-hydrogen) atoms. The molecule has 4 aromatic rings. The van der Waals surface area contributed by atoms with Crippen molar-refractivity contribution in [1.29, 1.82) is 0 Å². The van der Waals surface area contributed by atoms with E-state index in [-0.39, 0.29) is 5.82 Å². The van der Waals surface area contributed by atoms with E-state index in [0.717, 1.165) is 58.2 Å². The molecule has 6 heteroatoms. The number of halogens is 2. The Balaban J connectivity index is 1.76. The minimum atomic E-state index is -0.269. The first kappa shape index (κ1) is 17.4. The zero-order chi connectivity index (χ0) is 19.1. The van der Waals surface area contributed by atoms with Gasteiger partial charge in [-0.25, -0.2) is 9.38 Å². The Morgan fingerprint density at radius 1 is 1.04 bits per heavy atom. The average Bonchev–Trinajstić information content (AvgIpc) is 3.14. The molecule has 0 radical (unpaired) electrons. The van der Waals surface area contributed by atoms with Gasteiger partial charge in [0.15, 0.2) is 0 Å². The standard InChI is InChI=1S/C22H17BrFN3O/c23-15-6-10-17(11-7-15)25-21-18-13-19(14-4-8-16(24)9-5-14)28-22(18)26-20-3-1-2-12-27(20)21/h4-11,13H,1-3,12H2/b25-21+. The molecule has 4 nitrogen and oxygen atoms in total. The van der Waals surface area contributed by atoms with Gasteiger partial charge in [0, 0.05) is 23.0 Å². The van der Waals surface area contributed by atoms with Crippen LogP contribution in [0.3, 0.4) is 0 Å². The number of benzene rings is 2. The highest BCUT2D eigenvalue weighted by atomic mass is 79.9. The summed E-state index contributed by atoms with van der Waals surface area (Å²) in [7, 11) is 0. The highest BCUT2D eigenvalue weighted by molar-refractivity contribution is 9.10. The van der Waals surface area contributed by atoms with Gasteiger partial charge in [-0.2, -0.15) is 4.98 Å². The third-order valence-electron chi connectivity index (χ3n) is 4.97. The van der Waals surface area contributed by atoms with Crippen LogP contribution in [0.25, 0.3) is 22.4 Å². The fourth-order valence-corrected chi connectivity index (χ4v) is 3.83. The number of furan rings is 1. The van der Waals surface area contributed by atoms with Crippen molar-refractivity contribution in [2.45, 2.75) is 25.8 Å². The fraction of sp³-hybridized carbons (Fsp3) is 0.182. The van der Waals surface area contributed by atoms with Crippen LogP contribution in [0.5, 0.6) is 0 Å². The van der Waals surface area contributed by atoms with Crippen molar-refractivity contribution < 1.29 is 8.81 Å². The molecule has 0 aliphatic carbocycles. The summed E-state index contributed by atoms with van der Waals surface area (Å²) in [6.07, 6.45) is 3.13. The van der Waals surface area contributed by atoms with Gasteiger partial charge in [-0.15, -0.1) is 0 Å². The van der Waals surface area contributed by atoms with E-state index >= 15 is 0 Å². The van der Waals surface area contributed by atoms with Gasteiger partial charge in [0.25, 0.3) is 0 Å². The van der Waals surface area contributed by atoms with E-state index in [0.29, 0.717) is 11.5 Å². The van der Waals surface area contributed by atoms with Gasteiger partial charge in [0.2, 0.25) is 5.71 Å². The van der Waals surface area contributed by atoms with Gasteiger partial charge >= 0.3 is 0 Å². The van der Waals surface area contributed by atoms with Crippen molar-refractivity contribution in [2.24, 2.45) is 4.99 Å². The van der Waals surface area contributed by atoms with Crippen LogP contribution >= 0.6 is 15.9 Å². The van der Waals surface area contributed by atoms with Crippen LogP contribution in [-0.2, 0) is 13.0 Å². The maximum atomic E-state index is 13.3. The largest absolute Gasteiger partial charge is 0.438 e. The summed E-state index contributed by atoms with van der Waals surface area (Å²) in [5.41, 5.74) is 3.12. The summed E-state index contributed by atoms with van der Waals surface area (Å²) in [6.45, 7) is 0.894. The van der Waals surface area contributed by atoms with E-state index in [1.54, 1.807) is 12.1 Å². The first-order valence-electron chi connectivity index (χ1n) is 9.27. The molecule has 5 rings (SSSR count). The fourth-order valence-electron chi connectivity index (χ4n) is 3.56. The number of hydrogen-bond acceptors (Lipinski definition) is 3. The molecule has 140 valence electrons. The number of rotatable bonds is 2. The van der Waals surface area contributed by atoms with E-state index in [4.69, 9.17) is 14.4 Å². The summed E-state index contributed by atoms with van der Waals surface area (Å²) >= 11 is 3.47. The first-order valence-corrected chi connectivity index (χ1v) is 10.1. The van der Waals surface area contributed by atoms with Crippen molar-refractivity contribution in [2.75, 3.05) is 0 Å². The van der Waals surface area contributed by atoms with Crippen LogP contribution < -0.4 is 5.49 Å². The Morgan fingerprint density at radius 3 is 2.61 bits per heavy atom. The molecule has 0 atom stereocenters. The molecule has 0 N–H and O–H groups in total. The third kappa shape index (κ3) is 3.18. The van der Waals surface area contributed by atoms with Gasteiger partial charge in [0.05, 0.1) is 11.1 Å². The van der Waals surface area contributed by atoms with Crippen molar-refractivity contribution in [3.63, 3.8) is 0 Å². The molecule has 0 spiro atoms. The lowest BCUT2D eigenvalue weighted by Crippen LogP contribution is -2.28. The van der Waals surface area contributed by atoms with E-state index in [1.165, 1.54) is 12.1 Å². The molecule has 0 bridgehead atoms. The molecular formula is C22H17BrFN3O. The quantitative estimate of drug-likeness (QED) is 0.399. The van der Waals surface area contributed by atoms with Crippen molar-refractivity contribution in [1.82, 2.24) is 9.55 Å². The lowest BCUT2D eigenvalue weighted by Gasteiger charge is -2.18. The van der Waals surface area contributed by atoms with E-state index < -0.39 is 0 Å². The van der Waals surface area contributed by atoms with Crippen LogP contribution in [0.15, 0.2) is 68.5 Å². The molecule has 2 aromatic carbocycles. The second-order valence-electron chi connectivity index (χ2n) is 6.88. The van der Waals surface area contributed by atoms with Gasteiger partial charge in [-0.3, -0.25) is 0 Å². The Morgan fingerprint density at radius 2 is 1.82 bits per heavy atom. The van der Waals surface area contributed by atoms with E-state index in [9.17, 15) is 4.39 Å². The minimum absolute atomic E-state index is 0.269. The topological polar surface area (TPSA) is 43.3 Å². The Hall–Kier alpha value is -2.73. The molecule has 1 aliphatic rings. The predicted molar refractivity (Wildman–Crippen MR) is 110 cm³/mol. The van der Waals surface area contributed by atoms with Crippen LogP contribution in [0.1, 0.15) is 18.7 Å². The summed E-state index contributed by atoms with van der Waals surface area (Å²) in [6, 6.07) is 16.2. The zero-order valence-corrected chi connectivity index (χ0v) is 16.6. The lowest BCUT2D eigenvalue weighted by molar-refractivity contribution is 0.490. The Kier molecular flexibility index (Phi) is 4.36. The average molecular weight is 438 g/mol. The monoisotopic (exact) mass is 437 g/mol. The van der Waals surface area contributed by atoms with Crippen molar-refractivity contribution >= 4 is 32.7 Å². The number of aromatic nitrogens is 2. The molecule has 0 fully saturated rings. The maximum absolute atomic E-state index is 13.3. The third-order valence-corrected chi connectivity index (χ3v) is 5.50. The number of hydrogen-bond donors (Lipinski definition) is 0. The number of fused-ring (bicyclic) bond motifs is 2. The van der Waals surface area contributed by atoms with Gasteiger partial charge < -0.3 is 8.98 Å². The normalized spacial score (nSPS) is 14.4. The maximum Gasteiger partial charge on any atom is 0.232 e. The molecule has 3 heterocycles. The molecule has 0 saturated heterocycles.